The van der Waals surface area contributed by atoms with Crippen LogP contribution in [0.2, 0.25) is 0 Å². The van der Waals surface area contributed by atoms with E-state index in [-0.39, 0.29) is 5.41 Å². The fourth-order valence-corrected chi connectivity index (χ4v) is 7.19. The predicted molar refractivity (Wildman–Crippen MR) is 133 cm³/mol. The number of para-hydroxylation sites is 2. The Bertz CT molecular complexity index is 1250. The van der Waals surface area contributed by atoms with Crippen molar-refractivity contribution in [1.29, 1.82) is 0 Å². The van der Waals surface area contributed by atoms with Crippen molar-refractivity contribution in [2.24, 2.45) is 11.8 Å². The third kappa shape index (κ3) is 2.40. The lowest BCUT2D eigenvalue weighted by Crippen LogP contribution is -2.31. The van der Waals surface area contributed by atoms with Gasteiger partial charge in [0.15, 0.2) is 0 Å². The van der Waals surface area contributed by atoms with Gasteiger partial charge in [0.1, 0.15) is 0 Å². The average molecular weight is 414 g/mol. The van der Waals surface area contributed by atoms with Gasteiger partial charge in [-0.25, -0.2) is 0 Å². The summed E-state index contributed by atoms with van der Waals surface area (Å²) in [5.41, 5.74) is 9.97. The van der Waals surface area contributed by atoms with Crippen LogP contribution in [0, 0.1) is 11.8 Å². The zero-order chi connectivity index (χ0) is 21.1. The zero-order valence-electron chi connectivity index (χ0n) is 18.2. The van der Waals surface area contributed by atoms with Gasteiger partial charge in [0.25, 0.3) is 0 Å². The lowest BCUT2D eigenvalue weighted by molar-refractivity contribution is 0.327. The molecule has 156 valence electrons. The minimum atomic E-state index is 0.212. The number of fused-ring (bicyclic) bond motifs is 8. The van der Waals surface area contributed by atoms with Gasteiger partial charge in [0.2, 0.25) is 0 Å². The van der Waals surface area contributed by atoms with Crippen molar-refractivity contribution in [3.05, 3.63) is 114 Å². The molecule has 3 aliphatic rings. The molecular weight excluding hydrogens is 386 g/mol. The maximum Gasteiger partial charge on any atom is 0.0543 e. The minimum absolute atomic E-state index is 0.212. The van der Waals surface area contributed by atoms with Crippen molar-refractivity contribution in [3.8, 4) is 11.1 Å². The number of hydrogen-bond acceptors (Lipinski definition) is 1. The van der Waals surface area contributed by atoms with Crippen molar-refractivity contribution in [2.75, 3.05) is 4.90 Å². The van der Waals surface area contributed by atoms with Gasteiger partial charge in [-0.05, 0) is 78.1 Å². The quantitative estimate of drug-likeness (QED) is 0.327. The van der Waals surface area contributed by atoms with E-state index in [1.165, 1.54) is 53.9 Å². The summed E-state index contributed by atoms with van der Waals surface area (Å²) < 4.78 is 0. The fraction of sp³-hybridized carbons (Fsp3) is 0.226. The molecule has 32 heavy (non-hydrogen) atoms. The van der Waals surface area contributed by atoms with E-state index in [2.05, 4.69) is 108 Å². The number of hydrogen-bond donors (Lipinski definition) is 0. The van der Waals surface area contributed by atoms with E-state index in [4.69, 9.17) is 0 Å². The summed E-state index contributed by atoms with van der Waals surface area (Å²) in [7, 11) is 0. The first-order valence-electron chi connectivity index (χ1n) is 12.0. The fourth-order valence-electron chi connectivity index (χ4n) is 7.19. The Kier molecular flexibility index (Phi) is 3.90. The number of anilines is 3. The number of benzene rings is 4. The van der Waals surface area contributed by atoms with E-state index in [9.17, 15) is 0 Å². The van der Waals surface area contributed by atoms with Crippen LogP contribution in [0.25, 0.3) is 11.1 Å². The molecule has 2 fully saturated rings. The van der Waals surface area contributed by atoms with Crippen molar-refractivity contribution in [1.82, 2.24) is 0 Å². The molecule has 2 bridgehead atoms. The Morgan fingerprint density at radius 3 is 1.94 bits per heavy atom. The molecule has 0 heterocycles. The predicted octanol–water partition coefficient (Wildman–Crippen LogP) is 8.24. The van der Waals surface area contributed by atoms with Crippen molar-refractivity contribution in [3.63, 3.8) is 0 Å². The van der Waals surface area contributed by atoms with Gasteiger partial charge in [-0.2, -0.15) is 0 Å². The third-order valence-corrected chi connectivity index (χ3v) is 8.32. The molecule has 1 spiro atoms. The molecule has 0 aliphatic heterocycles. The normalized spacial score (nSPS) is 24.5. The highest BCUT2D eigenvalue weighted by Crippen LogP contribution is 2.67. The average Bonchev–Trinajstić information content (AvgIpc) is 3.55. The molecule has 0 aromatic heterocycles. The second-order valence-electron chi connectivity index (χ2n) is 9.80. The summed E-state index contributed by atoms with van der Waals surface area (Å²) in [6.07, 6.45) is 5.52. The van der Waals surface area contributed by atoms with Gasteiger partial charge < -0.3 is 4.90 Å². The van der Waals surface area contributed by atoms with Crippen LogP contribution in [0.1, 0.15) is 36.8 Å². The standard InChI is InChI=1S/C31H27N/c1-3-10-24(11-4-1)32(25-12-5-2-6-13-25)29-17-9-16-28-30(29)26-14-7-8-15-27(26)31(28)21-22-18-19-23(31)20-22/h1-17,22-23H,18-21H2. The third-order valence-electron chi connectivity index (χ3n) is 8.32. The minimum Gasteiger partial charge on any atom is -0.310 e. The monoisotopic (exact) mass is 413 g/mol. The topological polar surface area (TPSA) is 3.24 Å². The molecule has 4 aromatic carbocycles. The summed E-state index contributed by atoms with van der Waals surface area (Å²) in [6.45, 7) is 0. The highest BCUT2D eigenvalue weighted by molar-refractivity contribution is 5.95. The van der Waals surface area contributed by atoms with Crippen molar-refractivity contribution < 1.29 is 0 Å². The molecule has 0 amide bonds. The van der Waals surface area contributed by atoms with Crippen molar-refractivity contribution in [2.45, 2.75) is 31.1 Å². The van der Waals surface area contributed by atoms with E-state index in [1.807, 2.05) is 0 Å². The van der Waals surface area contributed by atoms with Gasteiger partial charge in [0, 0.05) is 22.4 Å². The van der Waals surface area contributed by atoms with E-state index in [1.54, 1.807) is 11.1 Å². The maximum absolute atomic E-state index is 2.45. The molecule has 4 aromatic rings. The largest absolute Gasteiger partial charge is 0.310 e. The Morgan fingerprint density at radius 2 is 1.28 bits per heavy atom. The smallest absolute Gasteiger partial charge is 0.0543 e. The van der Waals surface area contributed by atoms with E-state index in [0.717, 1.165) is 11.8 Å². The number of nitrogens with zero attached hydrogens (tertiary/aromatic N) is 1. The molecule has 0 radical (unpaired) electrons. The van der Waals surface area contributed by atoms with Gasteiger partial charge in [-0.3, -0.25) is 0 Å². The highest BCUT2D eigenvalue weighted by Gasteiger charge is 2.57. The van der Waals surface area contributed by atoms with E-state index < -0.39 is 0 Å². The summed E-state index contributed by atoms with van der Waals surface area (Å²) in [4.78, 5) is 2.45. The van der Waals surface area contributed by atoms with E-state index >= 15 is 0 Å². The molecule has 2 saturated carbocycles. The van der Waals surface area contributed by atoms with Crippen LogP contribution >= 0.6 is 0 Å². The maximum atomic E-state index is 2.45. The molecule has 1 heteroatoms. The summed E-state index contributed by atoms with van der Waals surface area (Å²) in [6, 6.07) is 38.0. The number of rotatable bonds is 3. The van der Waals surface area contributed by atoms with Crippen LogP contribution in [0.4, 0.5) is 17.1 Å². The molecule has 1 nitrogen and oxygen atoms in total. The van der Waals surface area contributed by atoms with Crippen LogP contribution in [0.5, 0.6) is 0 Å². The summed E-state index contributed by atoms with van der Waals surface area (Å²) in [5.74, 6) is 1.68. The van der Waals surface area contributed by atoms with Crippen LogP contribution in [0.15, 0.2) is 103 Å². The van der Waals surface area contributed by atoms with Gasteiger partial charge in [0.05, 0.1) is 5.69 Å². The Labute approximate surface area is 190 Å². The van der Waals surface area contributed by atoms with Crippen LogP contribution in [0.3, 0.4) is 0 Å². The zero-order valence-corrected chi connectivity index (χ0v) is 18.2. The lowest BCUT2D eigenvalue weighted by Gasteiger charge is -2.37. The Morgan fingerprint density at radius 1 is 0.625 bits per heavy atom. The van der Waals surface area contributed by atoms with Gasteiger partial charge >= 0.3 is 0 Å². The molecule has 0 N–H and O–H groups in total. The summed E-state index contributed by atoms with van der Waals surface area (Å²) >= 11 is 0. The molecule has 3 aliphatic carbocycles. The first kappa shape index (κ1) is 18.3. The van der Waals surface area contributed by atoms with Crippen molar-refractivity contribution >= 4 is 17.1 Å². The first-order chi connectivity index (χ1) is 15.9. The molecule has 7 rings (SSSR count). The molecule has 0 saturated heterocycles. The first-order valence-corrected chi connectivity index (χ1v) is 12.0. The second-order valence-corrected chi connectivity index (χ2v) is 9.80. The Balaban J connectivity index is 1.52. The second kappa shape index (κ2) is 6.84. The SMILES string of the molecule is c1ccc(N(c2ccccc2)c2cccc3c2-c2ccccc2C32CC3CCC2C3)cc1. The molecular formula is C31H27N. The highest BCUT2D eigenvalue weighted by atomic mass is 15.1. The molecule has 3 atom stereocenters. The lowest BCUT2D eigenvalue weighted by atomic mass is 9.67. The summed E-state index contributed by atoms with van der Waals surface area (Å²) in [5, 5.41) is 0. The Hall–Kier alpha value is -3.32. The van der Waals surface area contributed by atoms with Crippen LogP contribution < -0.4 is 4.90 Å². The van der Waals surface area contributed by atoms with Gasteiger partial charge in [-0.15, -0.1) is 0 Å². The van der Waals surface area contributed by atoms with E-state index in [0.29, 0.717) is 0 Å². The van der Waals surface area contributed by atoms with Crippen LogP contribution in [-0.2, 0) is 5.41 Å². The van der Waals surface area contributed by atoms with Gasteiger partial charge in [-0.1, -0.05) is 79.2 Å². The molecule has 3 unspecified atom stereocenters. The van der Waals surface area contributed by atoms with Crippen LogP contribution in [-0.4, -0.2) is 0 Å².